The largest absolute Gasteiger partial charge is 0.374 e. The number of hydrogen-bond donors (Lipinski definition) is 2. The molecule has 150 valence electrons. The Hall–Kier alpha value is -2.90. The molecule has 2 aromatic carbocycles. The molecule has 0 fully saturated rings. The third-order valence-corrected chi connectivity index (χ3v) is 4.70. The maximum Gasteiger partial charge on any atom is 0.259 e. The summed E-state index contributed by atoms with van der Waals surface area (Å²) >= 11 is 12.3. The van der Waals surface area contributed by atoms with Crippen molar-refractivity contribution >= 4 is 41.0 Å². The highest BCUT2D eigenvalue weighted by molar-refractivity contribution is 6.32. The van der Waals surface area contributed by atoms with Crippen molar-refractivity contribution in [3.05, 3.63) is 81.3 Å². The summed E-state index contributed by atoms with van der Waals surface area (Å²) in [4.78, 5) is 11.9. The first kappa shape index (κ1) is 20.8. The maximum absolute atomic E-state index is 13.5. The molecule has 0 spiro atoms. The SMILES string of the molecule is Cc1nn(Cc2ccc(Cl)cc2)c(Cl)c1C=NNC(=O)CNc1ccccc1F. The molecule has 0 aliphatic heterocycles. The van der Waals surface area contributed by atoms with E-state index >= 15 is 0 Å². The minimum Gasteiger partial charge on any atom is -0.374 e. The van der Waals surface area contributed by atoms with Gasteiger partial charge in [-0.25, -0.2) is 14.5 Å². The van der Waals surface area contributed by atoms with E-state index in [9.17, 15) is 9.18 Å². The lowest BCUT2D eigenvalue weighted by Gasteiger charge is -2.05. The average Bonchev–Trinajstić information content (AvgIpc) is 2.96. The molecule has 0 bridgehead atoms. The summed E-state index contributed by atoms with van der Waals surface area (Å²) in [6, 6.07) is 13.5. The van der Waals surface area contributed by atoms with Crippen LogP contribution < -0.4 is 10.7 Å². The van der Waals surface area contributed by atoms with E-state index < -0.39 is 11.7 Å². The van der Waals surface area contributed by atoms with Crippen LogP contribution in [0, 0.1) is 12.7 Å². The lowest BCUT2D eigenvalue weighted by atomic mass is 10.2. The molecule has 6 nitrogen and oxygen atoms in total. The standard InChI is InChI=1S/C20H18Cl2FN5O/c1-13-16(20(22)28(27-13)12-14-6-8-15(21)9-7-14)10-25-26-19(29)11-24-18-5-3-2-4-17(18)23/h2-10,24H,11-12H2,1H3,(H,26,29). The van der Waals surface area contributed by atoms with Gasteiger partial charge < -0.3 is 5.32 Å². The number of nitrogens with one attached hydrogen (secondary N) is 2. The Labute approximate surface area is 177 Å². The number of rotatable bonds is 7. The third kappa shape index (κ3) is 5.56. The molecular weight excluding hydrogens is 416 g/mol. The van der Waals surface area contributed by atoms with E-state index in [1.165, 1.54) is 12.3 Å². The van der Waals surface area contributed by atoms with Gasteiger partial charge >= 0.3 is 0 Å². The quantitative estimate of drug-likeness (QED) is 0.432. The van der Waals surface area contributed by atoms with Gasteiger partial charge in [0.15, 0.2) is 0 Å². The Balaban J connectivity index is 1.58. The number of benzene rings is 2. The number of amides is 1. The number of anilines is 1. The zero-order chi connectivity index (χ0) is 20.8. The summed E-state index contributed by atoms with van der Waals surface area (Å²) < 4.78 is 15.2. The fraction of sp³-hybridized carbons (Fsp3) is 0.150. The van der Waals surface area contributed by atoms with Crippen LogP contribution in [0.25, 0.3) is 0 Å². The first-order valence-electron chi connectivity index (χ1n) is 8.71. The van der Waals surface area contributed by atoms with Crippen molar-refractivity contribution in [3.8, 4) is 0 Å². The van der Waals surface area contributed by atoms with E-state index in [0.717, 1.165) is 5.56 Å². The van der Waals surface area contributed by atoms with Crippen LogP contribution in [0.15, 0.2) is 53.6 Å². The second kappa shape index (κ2) is 9.54. The summed E-state index contributed by atoms with van der Waals surface area (Å²) in [6.45, 7) is 2.15. The minimum absolute atomic E-state index is 0.124. The first-order valence-corrected chi connectivity index (χ1v) is 9.47. The van der Waals surface area contributed by atoms with Crippen molar-refractivity contribution in [2.45, 2.75) is 13.5 Å². The molecule has 2 N–H and O–H groups in total. The molecule has 0 saturated carbocycles. The zero-order valence-corrected chi connectivity index (χ0v) is 17.0. The Bertz CT molecular complexity index is 1030. The summed E-state index contributed by atoms with van der Waals surface area (Å²) in [5.74, 6) is -0.855. The van der Waals surface area contributed by atoms with Gasteiger partial charge in [-0.15, -0.1) is 0 Å². The fourth-order valence-corrected chi connectivity index (χ4v) is 2.98. The molecule has 9 heteroatoms. The van der Waals surface area contributed by atoms with Gasteiger partial charge in [0.25, 0.3) is 5.91 Å². The van der Waals surface area contributed by atoms with Crippen molar-refractivity contribution in [1.82, 2.24) is 15.2 Å². The lowest BCUT2D eigenvalue weighted by molar-refractivity contribution is -0.119. The third-order valence-electron chi connectivity index (χ3n) is 4.05. The molecule has 3 rings (SSSR count). The summed E-state index contributed by atoms with van der Waals surface area (Å²) in [6.07, 6.45) is 1.43. The number of hydrazone groups is 1. The normalized spacial score (nSPS) is 11.0. The lowest BCUT2D eigenvalue weighted by Crippen LogP contribution is -2.26. The molecule has 0 radical (unpaired) electrons. The number of hydrogen-bond acceptors (Lipinski definition) is 4. The predicted octanol–water partition coefficient (Wildman–Crippen LogP) is 4.25. The highest BCUT2D eigenvalue weighted by atomic mass is 35.5. The van der Waals surface area contributed by atoms with Gasteiger partial charge in [0.2, 0.25) is 0 Å². The van der Waals surface area contributed by atoms with Crippen LogP contribution in [-0.4, -0.2) is 28.4 Å². The fourth-order valence-electron chi connectivity index (χ4n) is 2.57. The van der Waals surface area contributed by atoms with Gasteiger partial charge in [0, 0.05) is 5.02 Å². The zero-order valence-electron chi connectivity index (χ0n) is 15.5. The predicted molar refractivity (Wildman–Crippen MR) is 113 cm³/mol. The van der Waals surface area contributed by atoms with E-state index in [0.29, 0.717) is 28.0 Å². The Morgan fingerprint density at radius 1 is 1.21 bits per heavy atom. The summed E-state index contributed by atoms with van der Waals surface area (Å²) in [5, 5.41) is 12.1. The van der Waals surface area contributed by atoms with Gasteiger partial charge in [0.1, 0.15) is 11.0 Å². The Morgan fingerprint density at radius 2 is 1.93 bits per heavy atom. The molecule has 0 saturated heterocycles. The van der Waals surface area contributed by atoms with E-state index in [2.05, 4.69) is 20.9 Å². The van der Waals surface area contributed by atoms with Gasteiger partial charge in [0.05, 0.1) is 36.2 Å². The molecule has 3 aromatic rings. The van der Waals surface area contributed by atoms with Gasteiger partial charge in [-0.05, 0) is 36.8 Å². The molecule has 0 aliphatic carbocycles. The summed E-state index contributed by atoms with van der Waals surface area (Å²) in [5.41, 5.74) is 4.89. The van der Waals surface area contributed by atoms with Crippen molar-refractivity contribution in [3.63, 3.8) is 0 Å². The van der Waals surface area contributed by atoms with Crippen LogP contribution in [0.3, 0.4) is 0 Å². The first-order chi connectivity index (χ1) is 13.9. The number of aryl methyl sites for hydroxylation is 1. The van der Waals surface area contributed by atoms with Gasteiger partial charge in [-0.3, -0.25) is 4.79 Å². The number of aromatic nitrogens is 2. The number of halogens is 3. The van der Waals surface area contributed by atoms with Crippen LogP contribution in [0.2, 0.25) is 10.2 Å². The van der Waals surface area contributed by atoms with Crippen LogP contribution in [-0.2, 0) is 11.3 Å². The van der Waals surface area contributed by atoms with Gasteiger partial charge in [-0.2, -0.15) is 10.2 Å². The Kier molecular flexibility index (Phi) is 6.85. The topological polar surface area (TPSA) is 71.3 Å². The van der Waals surface area contributed by atoms with Crippen LogP contribution >= 0.6 is 23.2 Å². The van der Waals surface area contributed by atoms with Gasteiger partial charge in [-0.1, -0.05) is 47.5 Å². The average molecular weight is 434 g/mol. The van der Waals surface area contributed by atoms with Crippen molar-refractivity contribution in [2.75, 3.05) is 11.9 Å². The molecular formula is C20H18Cl2FN5O. The van der Waals surface area contributed by atoms with E-state index in [1.54, 1.807) is 41.9 Å². The minimum atomic E-state index is -0.431. The van der Waals surface area contributed by atoms with Crippen molar-refractivity contribution < 1.29 is 9.18 Å². The second-order valence-corrected chi connectivity index (χ2v) is 7.00. The number of para-hydroxylation sites is 1. The molecule has 1 amide bonds. The Morgan fingerprint density at radius 3 is 2.66 bits per heavy atom. The monoisotopic (exact) mass is 433 g/mol. The molecule has 0 aliphatic rings. The highest BCUT2D eigenvalue weighted by Gasteiger charge is 2.12. The van der Waals surface area contributed by atoms with Crippen molar-refractivity contribution in [2.24, 2.45) is 5.10 Å². The van der Waals surface area contributed by atoms with E-state index in [1.807, 2.05) is 12.1 Å². The number of carbonyl (C=O) groups is 1. The number of nitrogens with zero attached hydrogens (tertiary/aromatic N) is 3. The van der Waals surface area contributed by atoms with E-state index in [4.69, 9.17) is 23.2 Å². The molecule has 1 aromatic heterocycles. The van der Waals surface area contributed by atoms with E-state index in [-0.39, 0.29) is 12.2 Å². The summed E-state index contributed by atoms with van der Waals surface area (Å²) in [7, 11) is 0. The molecule has 0 atom stereocenters. The van der Waals surface area contributed by atoms with Crippen LogP contribution in [0.5, 0.6) is 0 Å². The second-order valence-electron chi connectivity index (χ2n) is 6.20. The molecule has 0 unspecified atom stereocenters. The van der Waals surface area contributed by atoms with Crippen LogP contribution in [0.4, 0.5) is 10.1 Å². The molecule has 1 heterocycles. The smallest absolute Gasteiger partial charge is 0.259 e. The van der Waals surface area contributed by atoms with Crippen LogP contribution in [0.1, 0.15) is 16.8 Å². The molecule has 29 heavy (non-hydrogen) atoms. The maximum atomic E-state index is 13.5. The highest BCUT2D eigenvalue weighted by Crippen LogP contribution is 2.20. The number of carbonyl (C=O) groups excluding carboxylic acids is 1. The van der Waals surface area contributed by atoms with Crippen molar-refractivity contribution in [1.29, 1.82) is 0 Å².